The summed E-state index contributed by atoms with van der Waals surface area (Å²) in [4.78, 5) is 27.8. The number of benzene rings is 1. The third-order valence-electron chi connectivity index (χ3n) is 3.47. The van der Waals surface area contributed by atoms with Crippen LogP contribution >= 0.6 is 11.6 Å². The first-order chi connectivity index (χ1) is 9.16. The molecule has 98 valence electrons. The Balaban J connectivity index is 1.76. The summed E-state index contributed by atoms with van der Waals surface area (Å²) in [7, 11) is 0. The number of hydrogen-bond donors (Lipinski definition) is 1. The number of fused-ring (bicyclic) bond motifs is 1. The van der Waals surface area contributed by atoms with Crippen LogP contribution in [0.1, 0.15) is 12.0 Å². The molecule has 1 unspecified atom stereocenters. The Kier molecular flexibility index (Phi) is 3.03. The number of amides is 2. The number of aromatic amines is 1. The number of para-hydroxylation sites is 1. The van der Waals surface area contributed by atoms with Crippen LogP contribution in [0.25, 0.3) is 10.9 Å². The normalized spacial score (nSPS) is 19.6. The molecular weight excluding hydrogens is 264 g/mol. The van der Waals surface area contributed by atoms with Gasteiger partial charge in [0.1, 0.15) is 5.38 Å². The molecular formula is C14H13ClN2O2. The zero-order valence-corrected chi connectivity index (χ0v) is 11.0. The molecule has 1 aliphatic rings. The van der Waals surface area contributed by atoms with E-state index >= 15 is 0 Å². The maximum Gasteiger partial charge on any atom is 0.247 e. The van der Waals surface area contributed by atoms with E-state index in [0.29, 0.717) is 13.0 Å². The lowest BCUT2D eigenvalue weighted by Gasteiger charge is -2.13. The fourth-order valence-electron chi connectivity index (χ4n) is 2.45. The van der Waals surface area contributed by atoms with Crippen LogP contribution in [0.15, 0.2) is 30.5 Å². The number of hydrogen-bond acceptors (Lipinski definition) is 2. The van der Waals surface area contributed by atoms with Crippen molar-refractivity contribution in [3.63, 3.8) is 0 Å². The average molecular weight is 277 g/mol. The Morgan fingerprint density at radius 2 is 2.11 bits per heavy atom. The van der Waals surface area contributed by atoms with Crippen molar-refractivity contribution in [2.75, 3.05) is 6.54 Å². The van der Waals surface area contributed by atoms with Gasteiger partial charge in [-0.1, -0.05) is 18.2 Å². The summed E-state index contributed by atoms with van der Waals surface area (Å²) >= 11 is 5.79. The minimum Gasteiger partial charge on any atom is -0.361 e. The van der Waals surface area contributed by atoms with Crippen molar-refractivity contribution in [1.29, 1.82) is 0 Å². The highest BCUT2D eigenvalue weighted by Crippen LogP contribution is 2.21. The summed E-state index contributed by atoms with van der Waals surface area (Å²) in [6, 6.07) is 7.97. The Hall–Kier alpha value is -1.81. The van der Waals surface area contributed by atoms with Gasteiger partial charge in [-0.2, -0.15) is 0 Å². The quantitative estimate of drug-likeness (QED) is 0.689. The summed E-state index contributed by atoms with van der Waals surface area (Å²) in [5, 5.41) is 0.444. The van der Waals surface area contributed by atoms with Crippen molar-refractivity contribution < 1.29 is 9.59 Å². The summed E-state index contributed by atoms with van der Waals surface area (Å²) in [5.41, 5.74) is 2.17. The Morgan fingerprint density at radius 1 is 1.32 bits per heavy atom. The van der Waals surface area contributed by atoms with Gasteiger partial charge in [-0.25, -0.2) is 0 Å². The molecule has 1 aromatic carbocycles. The largest absolute Gasteiger partial charge is 0.361 e. The van der Waals surface area contributed by atoms with Gasteiger partial charge >= 0.3 is 0 Å². The Bertz CT molecular complexity index is 650. The minimum absolute atomic E-state index is 0.119. The number of imide groups is 1. The predicted molar refractivity (Wildman–Crippen MR) is 73.0 cm³/mol. The van der Waals surface area contributed by atoms with E-state index in [1.54, 1.807) is 0 Å². The number of nitrogens with one attached hydrogen (secondary N) is 1. The van der Waals surface area contributed by atoms with Crippen LogP contribution in [0.2, 0.25) is 0 Å². The first kappa shape index (κ1) is 12.2. The van der Waals surface area contributed by atoms with Crippen LogP contribution in [-0.2, 0) is 16.0 Å². The second kappa shape index (κ2) is 4.70. The van der Waals surface area contributed by atoms with Crippen molar-refractivity contribution in [2.24, 2.45) is 0 Å². The molecule has 1 aromatic heterocycles. The third-order valence-corrected chi connectivity index (χ3v) is 3.81. The van der Waals surface area contributed by atoms with E-state index in [1.807, 2.05) is 30.5 Å². The van der Waals surface area contributed by atoms with Crippen molar-refractivity contribution in [3.8, 4) is 0 Å². The summed E-state index contributed by atoms with van der Waals surface area (Å²) in [5.74, 6) is -0.448. The van der Waals surface area contributed by atoms with Gasteiger partial charge < -0.3 is 4.98 Å². The molecule has 1 atom stereocenters. The van der Waals surface area contributed by atoms with Crippen molar-refractivity contribution in [3.05, 3.63) is 36.0 Å². The van der Waals surface area contributed by atoms with Crippen LogP contribution in [0.3, 0.4) is 0 Å². The van der Waals surface area contributed by atoms with Gasteiger partial charge in [0.05, 0.1) is 6.42 Å². The molecule has 5 heteroatoms. The lowest BCUT2D eigenvalue weighted by Crippen LogP contribution is -2.32. The maximum atomic E-state index is 11.7. The van der Waals surface area contributed by atoms with E-state index in [1.165, 1.54) is 4.90 Å². The number of carbonyl (C=O) groups is 2. The standard InChI is InChI=1S/C14H13ClN2O2/c15-11-7-13(18)17(14(11)19)6-5-9-8-16-12-4-2-1-3-10(9)12/h1-4,8,11,16H,5-7H2. The van der Waals surface area contributed by atoms with E-state index in [4.69, 9.17) is 11.6 Å². The molecule has 1 N–H and O–H groups in total. The van der Waals surface area contributed by atoms with Gasteiger partial charge in [-0.3, -0.25) is 14.5 Å². The molecule has 2 aromatic rings. The van der Waals surface area contributed by atoms with Crippen LogP contribution < -0.4 is 0 Å². The number of aromatic nitrogens is 1. The molecule has 1 fully saturated rings. The predicted octanol–water partition coefficient (Wildman–Crippen LogP) is 2.08. The number of carbonyl (C=O) groups excluding carboxylic acids is 2. The molecule has 1 saturated heterocycles. The van der Waals surface area contributed by atoms with Gasteiger partial charge in [0.25, 0.3) is 0 Å². The zero-order valence-electron chi connectivity index (χ0n) is 10.2. The van der Waals surface area contributed by atoms with E-state index < -0.39 is 5.38 Å². The summed E-state index contributed by atoms with van der Waals surface area (Å²) < 4.78 is 0. The third kappa shape index (κ3) is 2.12. The fourth-order valence-corrected chi connectivity index (χ4v) is 2.70. The molecule has 3 rings (SSSR count). The summed E-state index contributed by atoms with van der Waals surface area (Å²) in [6.45, 7) is 0.392. The number of nitrogens with zero attached hydrogens (tertiary/aromatic N) is 1. The van der Waals surface area contributed by atoms with E-state index in [2.05, 4.69) is 4.98 Å². The van der Waals surface area contributed by atoms with Crippen LogP contribution in [0.5, 0.6) is 0 Å². The molecule has 0 bridgehead atoms. The molecule has 1 aliphatic heterocycles. The SMILES string of the molecule is O=C1CC(Cl)C(=O)N1CCc1c[nH]c2ccccc12. The first-order valence-corrected chi connectivity index (χ1v) is 6.64. The minimum atomic E-state index is -0.685. The molecule has 0 spiro atoms. The van der Waals surface area contributed by atoms with Gasteiger partial charge in [-0.15, -0.1) is 11.6 Å². The van der Waals surface area contributed by atoms with E-state index in [-0.39, 0.29) is 18.2 Å². The highest BCUT2D eigenvalue weighted by atomic mass is 35.5. The van der Waals surface area contributed by atoms with Crippen molar-refractivity contribution in [1.82, 2.24) is 9.88 Å². The van der Waals surface area contributed by atoms with E-state index in [0.717, 1.165) is 16.5 Å². The maximum absolute atomic E-state index is 11.7. The zero-order chi connectivity index (χ0) is 13.4. The van der Waals surface area contributed by atoms with Gasteiger partial charge in [0.2, 0.25) is 11.8 Å². The molecule has 0 radical (unpaired) electrons. The number of halogens is 1. The molecule has 2 heterocycles. The number of alkyl halides is 1. The Morgan fingerprint density at radius 3 is 2.84 bits per heavy atom. The van der Waals surface area contributed by atoms with Crippen molar-refractivity contribution >= 4 is 34.3 Å². The van der Waals surface area contributed by atoms with Gasteiger partial charge in [0, 0.05) is 23.6 Å². The second-order valence-corrected chi connectivity index (χ2v) is 5.19. The van der Waals surface area contributed by atoms with Crippen LogP contribution in [-0.4, -0.2) is 33.6 Å². The molecule has 0 saturated carbocycles. The lowest BCUT2D eigenvalue weighted by atomic mass is 10.1. The number of likely N-dealkylation sites (tertiary alicyclic amines) is 1. The monoisotopic (exact) mass is 276 g/mol. The average Bonchev–Trinajstić information content (AvgIpc) is 2.91. The lowest BCUT2D eigenvalue weighted by molar-refractivity contribution is -0.138. The van der Waals surface area contributed by atoms with Crippen LogP contribution in [0, 0.1) is 0 Å². The van der Waals surface area contributed by atoms with Crippen LogP contribution in [0.4, 0.5) is 0 Å². The number of H-pyrrole nitrogens is 1. The summed E-state index contributed by atoms with van der Waals surface area (Å²) in [6.07, 6.45) is 2.69. The molecule has 0 aliphatic carbocycles. The number of rotatable bonds is 3. The van der Waals surface area contributed by atoms with Gasteiger partial charge in [0.15, 0.2) is 0 Å². The first-order valence-electron chi connectivity index (χ1n) is 6.20. The van der Waals surface area contributed by atoms with Crippen molar-refractivity contribution in [2.45, 2.75) is 18.2 Å². The molecule has 4 nitrogen and oxygen atoms in total. The molecule has 19 heavy (non-hydrogen) atoms. The van der Waals surface area contributed by atoms with E-state index in [9.17, 15) is 9.59 Å². The topological polar surface area (TPSA) is 53.2 Å². The molecule has 2 amide bonds. The second-order valence-electron chi connectivity index (χ2n) is 4.66. The smallest absolute Gasteiger partial charge is 0.247 e. The highest BCUT2D eigenvalue weighted by Gasteiger charge is 2.36. The fraction of sp³-hybridized carbons (Fsp3) is 0.286. The highest BCUT2D eigenvalue weighted by molar-refractivity contribution is 6.35. The van der Waals surface area contributed by atoms with Gasteiger partial charge in [-0.05, 0) is 18.1 Å². The Labute approximate surface area is 115 Å².